The van der Waals surface area contributed by atoms with E-state index in [4.69, 9.17) is 9.98 Å². The number of fused-ring (bicyclic) bond motifs is 3. The van der Waals surface area contributed by atoms with Gasteiger partial charge in [0.1, 0.15) is 17.5 Å². The highest BCUT2D eigenvalue weighted by Crippen LogP contribution is 2.39. The highest BCUT2D eigenvalue weighted by atomic mass is 19.2. The number of aromatic nitrogens is 2. The Morgan fingerprint density at radius 3 is 2.21 bits per heavy atom. The molecule has 2 aliphatic heterocycles. The maximum absolute atomic E-state index is 14.9. The maximum Gasteiger partial charge on any atom is 0.283 e. The fraction of sp³-hybridized carbons (Fsp3) is 0.233. The Bertz CT molecular complexity index is 1630. The first-order valence-corrected chi connectivity index (χ1v) is 12.8. The van der Waals surface area contributed by atoms with Crippen LogP contribution >= 0.6 is 0 Å². The van der Waals surface area contributed by atoms with Crippen LogP contribution in [0.25, 0.3) is 22.5 Å². The Labute approximate surface area is 224 Å². The van der Waals surface area contributed by atoms with Gasteiger partial charge in [0.05, 0.1) is 18.6 Å². The van der Waals surface area contributed by atoms with E-state index in [1.807, 2.05) is 80.3 Å². The highest BCUT2D eigenvalue weighted by Gasteiger charge is 2.45. The minimum atomic E-state index is -1.26. The van der Waals surface area contributed by atoms with Crippen molar-refractivity contribution in [3.8, 4) is 22.5 Å². The van der Waals surface area contributed by atoms with Gasteiger partial charge in [-0.3, -0.25) is 14.6 Å². The number of hydrogen-bond acceptors (Lipinski definition) is 4. The number of carbonyl (C=O) groups excluding carboxylic acids is 1. The Balaban J connectivity index is 1.54. The molecule has 0 fully saturated rings. The number of nitrogens with zero attached hydrogens (tertiary/aromatic N) is 5. The molecule has 0 radical (unpaired) electrons. The second-order valence-electron chi connectivity index (χ2n) is 10.4. The van der Waals surface area contributed by atoms with Gasteiger partial charge in [-0.05, 0) is 38.0 Å². The van der Waals surface area contributed by atoms with Crippen LogP contribution in [0.1, 0.15) is 36.8 Å². The lowest BCUT2D eigenvalue weighted by Gasteiger charge is -2.34. The van der Waals surface area contributed by atoms with Crippen LogP contribution in [0.3, 0.4) is 0 Å². The van der Waals surface area contributed by atoms with Crippen LogP contribution in [0.4, 0.5) is 19.0 Å². The molecule has 198 valence electrons. The molecule has 1 amide bonds. The van der Waals surface area contributed by atoms with E-state index in [2.05, 4.69) is 0 Å². The quantitative estimate of drug-likeness (QED) is 0.293. The number of benzene rings is 3. The molecule has 6 rings (SSSR count). The van der Waals surface area contributed by atoms with Gasteiger partial charge in [0.25, 0.3) is 5.91 Å². The number of halogens is 3. The van der Waals surface area contributed by atoms with E-state index < -0.39 is 23.0 Å². The summed E-state index contributed by atoms with van der Waals surface area (Å²) >= 11 is 0. The Morgan fingerprint density at radius 2 is 1.51 bits per heavy atom. The zero-order chi connectivity index (χ0) is 27.5. The van der Waals surface area contributed by atoms with E-state index in [1.54, 1.807) is 9.47 Å². The number of hydrogen-bond donors (Lipinski definition) is 0. The second-order valence-corrected chi connectivity index (χ2v) is 10.4. The molecule has 39 heavy (non-hydrogen) atoms. The Hall–Kier alpha value is -4.40. The fourth-order valence-corrected chi connectivity index (χ4v) is 5.23. The maximum atomic E-state index is 14.9. The molecule has 3 heterocycles. The van der Waals surface area contributed by atoms with Crippen molar-refractivity contribution >= 4 is 17.7 Å². The number of carbonyl (C=O) groups is 1. The first-order chi connectivity index (χ1) is 18.7. The lowest BCUT2D eigenvalue weighted by molar-refractivity contribution is 0.0841. The zero-order valence-electron chi connectivity index (χ0n) is 21.8. The highest BCUT2D eigenvalue weighted by molar-refractivity contribution is 6.18. The van der Waals surface area contributed by atoms with Crippen molar-refractivity contribution in [1.82, 2.24) is 14.5 Å². The lowest BCUT2D eigenvalue weighted by Crippen LogP contribution is -2.51. The normalized spacial score (nSPS) is 15.8. The molecule has 0 saturated heterocycles. The number of imidazole rings is 1. The molecule has 0 aliphatic carbocycles. The molecule has 3 aromatic carbocycles. The van der Waals surface area contributed by atoms with Crippen molar-refractivity contribution < 1.29 is 18.0 Å². The van der Waals surface area contributed by atoms with E-state index >= 15 is 0 Å². The topological polar surface area (TPSA) is 53.7 Å². The van der Waals surface area contributed by atoms with E-state index in [9.17, 15) is 18.0 Å². The molecule has 6 nitrogen and oxygen atoms in total. The molecule has 0 unspecified atom stereocenters. The first kappa shape index (κ1) is 24.9. The molecule has 4 aromatic rings. The minimum Gasteiger partial charge on any atom is -0.305 e. The van der Waals surface area contributed by atoms with Crippen molar-refractivity contribution in [2.45, 2.75) is 32.9 Å². The summed E-state index contributed by atoms with van der Waals surface area (Å²) in [5.41, 5.74) is 2.41. The average Bonchev–Trinajstić information content (AvgIpc) is 3.45. The second kappa shape index (κ2) is 9.11. The van der Waals surface area contributed by atoms with Gasteiger partial charge in [0.15, 0.2) is 17.3 Å². The first-order valence-electron chi connectivity index (χ1n) is 12.8. The van der Waals surface area contributed by atoms with Crippen molar-refractivity contribution in [3.05, 3.63) is 95.4 Å². The van der Waals surface area contributed by atoms with Crippen LogP contribution in [-0.4, -0.2) is 44.9 Å². The van der Waals surface area contributed by atoms with Crippen molar-refractivity contribution in [2.75, 3.05) is 18.0 Å². The van der Waals surface area contributed by atoms with E-state index in [1.165, 1.54) is 0 Å². The summed E-state index contributed by atoms with van der Waals surface area (Å²) in [4.78, 5) is 26.6. The SMILES string of the molecule is CCN1C(=O)c2nc(-c3ccc(-c4ccccc4)cc3)n(Cc3cc(F)c(F)cc3F)c2N2CC(C)(C)N=C12. The van der Waals surface area contributed by atoms with Crippen LogP contribution in [0.15, 0.2) is 71.7 Å². The predicted molar refractivity (Wildman–Crippen MR) is 144 cm³/mol. The summed E-state index contributed by atoms with van der Waals surface area (Å²) in [5.74, 6) is -2.23. The van der Waals surface area contributed by atoms with Crippen LogP contribution in [0.2, 0.25) is 0 Å². The molecule has 0 bridgehead atoms. The van der Waals surface area contributed by atoms with Crippen LogP contribution < -0.4 is 4.90 Å². The molecule has 0 spiro atoms. The third-order valence-corrected chi connectivity index (χ3v) is 7.06. The fourth-order valence-electron chi connectivity index (χ4n) is 5.23. The van der Waals surface area contributed by atoms with Gasteiger partial charge >= 0.3 is 0 Å². The van der Waals surface area contributed by atoms with Crippen LogP contribution in [0.5, 0.6) is 0 Å². The molecular weight excluding hydrogens is 503 g/mol. The summed E-state index contributed by atoms with van der Waals surface area (Å²) in [5, 5.41) is 0. The summed E-state index contributed by atoms with van der Waals surface area (Å²) < 4.78 is 44.5. The molecule has 9 heteroatoms. The minimum absolute atomic E-state index is 0.0569. The number of guanidine groups is 1. The lowest BCUT2D eigenvalue weighted by atomic mass is 10.0. The molecule has 2 aliphatic rings. The molecule has 0 atom stereocenters. The number of aliphatic imine (C=N–C) groups is 1. The van der Waals surface area contributed by atoms with Gasteiger partial charge in [-0.25, -0.2) is 23.1 Å². The van der Waals surface area contributed by atoms with E-state index in [0.29, 0.717) is 42.3 Å². The Kier molecular flexibility index (Phi) is 5.82. The van der Waals surface area contributed by atoms with E-state index in [0.717, 1.165) is 17.2 Å². The standard InChI is InChI=1S/C30H26F3N5O/c1-4-36-28(39)25-27(38-17-30(2,3)35-29(36)38)37(16-21-14-23(32)24(33)15-22(21)31)26(34-25)20-12-10-19(11-13-20)18-8-6-5-7-9-18/h5-15H,4,16-17H2,1-3H3. The molecule has 1 aromatic heterocycles. The monoisotopic (exact) mass is 529 g/mol. The third-order valence-electron chi connectivity index (χ3n) is 7.06. The average molecular weight is 530 g/mol. The zero-order valence-corrected chi connectivity index (χ0v) is 21.8. The predicted octanol–water partition coefficient (Wildman–Crippen LogP) is 6.11. The number of rotatable bonds is 5. The Morgan fingerprint density at radius 1 is 0.872 bits per heavy atom. The summed E-state index contributed by atoms with van der Waals surface area (Å²) in [6.07, 6.45) is 0. The summed E-state index contributed by atoms with van der Waals surface area (Å²) in [7, 11) is 0. The van der Waals surface area contributed by atoms with Crippen molar-refractivity contribution in [2.24, 2.45) is 4.99 Å². The van der Waals surface area contributed by atoms with Gasteiger partial charge in [0.2, 0.25) is 5.96 Å². The third kappa shape index (κ3) is 4.18. The number of amides is 1. The van der Waals surface area contributed by atoms with Gasteiger partial charge in [-0.2, -0.15) is 0 Å². The molecular formula is C30H26F3N5O. The largest absolute Gasteiger partial charge is 0.305 e. The molecule has 0 saturated carbocycles. The van der Waals surface area contributed by atoms with Gasteiger partial charge in [-0.1, -0.05) is 54.6 Å². The van der Waals surface area contributed by atoms with Crippen molar-refractivity contribution in [3.63, 3.8) is 0 Å². The smallest absolute Gasteiger partial charge is 0.283 e. The number of anilines is 1. The van der Waals surface area contributed by atoms with Crippen LogP contribution in [-0.2, 0) is 6.54 Å². The van der Waals surface area contributed by atoms with Gasteiger partial charge in [0, 0.05) is 23.7 Å². The van der Waals surface area contributed by atoms with Gasteiger partial charge < -0.3 is 4.57 Å². The molecule has 0 N–H and O–H groups in total. The van der Waals surface area contributed by atoms with Crippen molar-refractivity contribution in [1.29, 1.82) is 0 Å². The van der Waals surface area contributed by atoms with E-state index in [-0.39, 0.29) is 23.7 Å². The summed E-state index contributed by atoms with van der Waals surface area (Å²) in [6, 6.07) is 19.0. The van der Waals surface area contributed by atoms with Crippen LogP contribution in [0, 0.1) is 17.5 Å². The summed E-state index contributed by atoms with van der Waals surface area (Å²) in [6.45, 7) is 6.51. The van der Waals surface area contributed by atoms with Gasteiger partial charge in [-0.15, -0.1) is 0 Å².